The maximum atomic E-state index is 11.7. The number of aliphatic hydroxyl groups excluding tert-OH is 1. The lowest BCUT2D eigenvalue weighted by Gasteiger charge is -2.15. The summed E-state index contributed by atoms with van der Waals surface area (Å²) in [5.41, 5.74) is 4.85. The highest BCUT2D eigenvalue weighted by atomic mass is 16.5. The zero-order valence-corrected chi connectivity index (χ0v) is 17.1. The number of aliphatic hydroxyl groups is 1. The summed E-state index contributed by atoms with van der Waals surface area (Å²) in [5.74, 6) is 0.0410. The van der Waals surface area contributed by atoms with Crippen molar-refractivity contribution in [2.45, 2.75) is 77.6 Å². The zero-order chi connectivity index (χ0) is 19.7. The SMILES string of the molecule is CCCCCCCCCC(CC=C=C(C)C(=O)OCCO)c1ccccc1. The molecule has 1 atom stereocenters. The van der Waals surface area contributed by atoms with E-state index in [0.717, 1.165) is 12.8 Å². The molecular weight excluding hydrogens is 336 g/mol. The normalized spacial score (nSPS) is 11.5. The number of unbranched alkanes of at least 4 members (excludes halogenated alkanes) is 6. The van der Waals surface area contributed by atoms with Crippen LogP contribution in [0.4, 0.5) is 0 Å². The van der Waals surface area contributed by atoms with Crippen LogP contribution >= 0.6 is 0 Å². The summed E-state index contributed by atoms with van der Waals surface area (Å²) in [6.07, 6.45) is 13.2. The van der Waals surface area contributed by atoms with Gasteiger partial charge in [0.15, 0.2) is 0 Å². The molecule has 3 heteroatoms. The highest BCUT2D eigenvalue weighted by Gasteiger charge is 2.10. The number of rotatable bonds is 14. The number of carbonyl (C=O) groups is 1. The van der Waals surface area contributed by atoms with Gasteiger partial charge in [0.05, 0.1) is 12.2 Å². The Balaban J connectivity index is 2.55. The van der Waals surface area contributed by atoms with Gasteiger partial charge in [0.2, 0.25) is 0 Å². The largest absolute Gasteiger partial charge is 0.459 e. The molecule has 0 saturated heterocycles. The van der Waals surface area contributed by atoms with Gasteiger partial charge in [-0.15, -0.1) is 5.73 Å². The first-order valence-corrected chi connectivity index (χ1v) is 10.4. The molecule has 0 aliphatic rings. The molecule has 1 aromatic carbocycles. The van der Waals surface area contributed by atoms with E-state index in [-0.39, 0.29) is 13.2 Å². The van der Waals surface area contributed by atoms with E-state index in [4.69, 9.17) is 9.84 Å². The van der Waals surface area contributed by atoms with Crippen LogP contribution in [0.2, 0.25) is 0 Å². The van der Waals surface area contributed by atoms with E-state index in [9.17, 15) is 4.79 Å². The molecule has 1 aromatic rings. The fraction of sp³-hybridized carbons (Fsp3) is 0.583. The molecule has 0 aliphatic carbocycles. The summed E-state index contributed by atoms with van der Waals surface area (Å²) >= 11 is 0. The van der Waals surface area contributed by atoms with Gasteiger partial charge in [-0.25, -0.2) is 4.79 Å². The third-order valence-electron chi connectivity index (χ3n) is 4.78. The van der Waals surface area contributed by atoms with E-state index in [1.54, 1.807) is 6.92 Å². The van der Waals surface area contributed by atoms with Gasteiger partial charge in [-0.2, -0.15) is 0 Å². The van der Waals surface area contributed by atoms with Crippen LogP contribution < -0.4 is 0 Å². The third-order valence-corrected chi connectivity index (χ3v) is 4.78. The minimum Gasteiger partial charge on any atom is -0.459 e. The number of carbonyl (C=O) groups excluding carboxylic acids is 1. The van der Waals surface area contributed by atoms with Crippen LogP contribution in [0, 0.1) is 0 Å². The van der Waals surface area contributed by atoms with Crippen molar-refractivity contribution in [3.05, 3.63) is 53.3 Å². The van der Waals surface area contributed by atoms with Crippen LogP contribution in [-0.2, 0) is 9.53 Å². The molecular formula is C24H36O3. The number of benzene rings is 1. The predicted molar refractivity (Wildman–Crippen MR) is 112 cm³/mol. The predicted octanol–water partition coefficient (Wildman–Crippen LogP) is 5.94. The fourth-order valence-corrected chi connectivity index (χ4v) is 3.15. The Kier molecular flexibility index (Phi) is 13.1. The number of ether oxygens (including phenoxy) is 1. The molecule has 150 valence electrons. The van der Waals surface area contributed by atoms with Crippen LogP contribution in [-0.4, -0.2) is 24.3 Å². The van der Waals surface area contributed by atoms with Crippen molar-refractivity contribution in [3.63, 3.8) is 0 Å². The Morgan fingerprint density at radius 1 is 1.11 bits per heavy atom. The van der Waals surface area contributed by atoms with Crippen molar-refractivity contribution < 1.29 is 14.6 Å². The highest BCUT2D eigenvalue weighted by Crippen LogP contribution is 2.26. The molecule has 0 heterocycles. The third kappa shape index (κ3) is 10.8. The molecule has 1 rings (SSSR count). The van der Waals surface area contributed by atoms with Gasteiger partial charge in [0.1, 0.15) is 6.61 Å². The lowest BCUT2D eigenvalue weighted by Crippen LogP contribution is -2.08. The molecule has 0 aromatic heterocycles. The minimum absolute atomic E-state index is 0.0305. The number of hydrogen-bond acceptors (Lipinski definition) is 3. The van der Waals surface area contributed by atoms with Crippen molar-refractivity contribution >= 4 is 5.97 Å². The fourth-order valence-electron chi connectivity index (χ4n) is 3.15. The van der Waals surface area contributed by atoms with Crippen LogP contribution in [0.1, 0.15) is 83.1 Å². The lowest BCUT2D eigenvalue weighted by molar-refractivity contribution is -0.139. The van der Waals surface area contributed by atoms with E-state index in [1.807, 2.05) is 12.1 Å². The Bertz CT molecular complexity index is 571. The molecule has 0 amide bonds. The molecule has 0 bridgehead atoms. The summed E-state index contributed by atoms with van der Waals surface area (Å²) < 4.78 is 4.91. The maximum absolute atomic E-state index is 11.7. The van der Waals surface area contributed by atoms with Gasteiger partial charge in [-0.3, -0.25) is 0 Å². The molecule has 1 unspecified atom stereocenters. The van der Waals surface area contributed by atoms with E-state index in [0.29, 0.717) is 11.5 Å². The van der Waals surface area contributed by atoms with E-state index < -0.39 is 5.97 Å². The second-order valence-electron chi connectivity index (χ2n) is 7.09. The molecule has 0 aliphatic heterocycles. The molecule has 1 N–H and O–H groups in total. The van der Waals surface area contributed by atoms with E-state index in [2.05, 4.69) is 36.9 Å². The Hall–Kier alpha value is -1.83. The van der Waals surface area contributed by atoms with Crippen molar-refractivity contribution in [2.75, 3.05) is 13.2 Å². The summed E-state index contributed by atoms with van der Waals surface area (Å²) in [6.45, 7) is 3.82. The highest BCUT2D eigenvalue weighted by molar-refractivity contribution is 5.87. The van der Waals surface area contributed by atoms with Crippen molar-refractivity contribution in [1.82, 2.24) is 0 Å². The van der Waals surface area contributed by atoms with Gasteiger partial charge in [-0.1, -0.05) is 82.2 Å². The average Bonchev–Trinajstić information content (AvgIpc) is 2.70. The number of esters is 1. The van der Waals surface area contributed by atoms with Gasteiger partial charge in [-0.05, 0) is 37.3 Å². The van der Waals surface area contributed by atoms with Crippen molar-refractivity contribution in [1.29, 1.82) is 0 Å². The first-order chi connectivity index (χ1) is 13.2. The van der Waals surface area contributed by atoms with Gasteiger partial charge >= 0.3 is 5.97 Å². The molecule has 0 saturated carbocycles. The van der Waals surface area contributed by atoms with Gasteiger partial charge in [0, 0.05) is 0 Å². The summed E-state index contributed by atoms with van der Waals surface area (Å²) in [7, 11) is 0. The molecule has 0 fully saturated rings. The average molecular weight is 373 g/mol. The van der Waals surface area contributed by atoms with Crippen LogP contribution in [0.15, 0.2) is 47.7 Å². The molecule has 0 radical (unpaired) electrons. The Morgan fingerprint density at radius 3 is 2.44 bits per heavy atom. The zero-order valence-electron chi connectivity index (χ0n) is 17.1. The van der Waals surface area contributed by atoms with Crippen LogP contribution in [0.3, 0.4) is 0 Å². The lowest BCUT2D eigenvalue weighted by atomic mass is 9.90. The quantitative estimate of drug-likeness (QED) is 0.190. The van der Waals surface area contributed by atoms with Crippen LogP contribution in [0.25, 0.3) is 0 Å². The van der Waals surface area contributed by atoms with Crippen LogP contribution in [0.5, 0.6) is 0 Å². The van der Waals surface area contributed by atoms with E-state index >= 15 is 0 Å². The second-order valence-corrected chi connectivity index (χ2v) is 7.09. The molecule has 3 nitrogen and oxygen atoms in total. The van der Waals surface area contributed by atoms with E-state index in [1.165, 1.54) is 50.5 Å². The Morgan fingerprint density at radius 2 is 1.78 bits per heavy atom. The standard InChI is InChI=1S/C24H36O3/c1-3-4-5-6-7-8-10-15-23(22-16-11-9-12-17-22)18-13-14-21(2)24(26)27-20-19-25/h9,11-13,16-17,23,25H,3-8,10,15,18-20H2,1-2H3. The van der Waals surface area contributed by atoms with Crippen molar-refractivity contribution in [2.24, 2.45) is 0 Å². The first-order valence-electron chi connectivity index (χ1n) is 10.4. The second kappa shape index (κ2) is 15.2. The summed E-state index contributed by atoms with van der Waals surface area (Å²) in [4.78, 5) is 11.7. The van der Waals surface area contributed by atoms with Gasteiger partial charge < -0.3 is 9.84 Å². The topological polar surface area (TPSA) is 46.5 Å². The smallest absolute Gasteiger partial charge is 0.341 e. The van der Waals surface area contributed by atoms with Gasteiger partial charge in [0.25, 0.3) is 0 Å². The first kappa shape index (κ1) is 23.2. The monoisotopic (exact) mass is 372 g/mol. The minimum atomic E-state index is -0.413. The van der Waals surface area contributed by atoms with Crippen molar-refractivity contribution in [3.8, 4) is 0 Å². The summed E-state index contributed by atoms with van der Waals surface area (Å²) in [6, 6.07) is 10.6. The summed E-state index contributed by atoms with van der Waals surface area (Å²) in [5, 5.41) is 8.72. The molecule has 27 heavy (non-hydrogen) atoms. The number of hydrogen-bond donors (Lipinski definition) is 1. The maximum Gasteiger partial charge on any atom is 0.341 e. The molecule has 0 spiro atoms. The Labute approximate surface area is 165 Å².